The van der Waals surface area contributed by atoms with Crippen molar-refractivity contribution in [2.45, 2.75) is 6.92 Å². The molecule has 1 aliphatic heterocycles. The van der Waals surface area contributed by atoms with Crippen LogP contribution in [-0.4, -0.2) is 70.8 Å². The Morgan fingerprint density at radius 2 is 1.76 bits per heavy atom. The van der Waals surface area contributed by atoms with E-state index in [4.69, 9.17) is 4.74 Å². The first-order valence-electron chi connectivity index (χ1n) is 9.70. The molecular weight excluding hydrogens is 366 g/mol. The van der Waals surface area contributed by atoms with Crippen LogP contribution in [0.2, 0.25) is 0 Å². The molecule has 0 atom stereocenters. The fourth-order valence-electron chi connectivity index (χ4n) is 3.40. The van der Waals surface area contributed by atoms with Crippen LogP contribution in [-0.2, 0) is 0 Å². The summed E-state index contributed by atoms with van der Waals surface area (Å²) in [5.41, 5.74) is 4.25. The van der Waals surface area contributed by atoms with Gasteiger partial charge in [0, 0.05) is 37.8 Å². The van der Waals surface area contributed by atoms with Crippen molar-refractivity contribution in [2.75, 3.05) is 40.3 Å². The van der Waals surface area contributed by atoms with Gasteiger partial charge in [0.15, 0.2) is 5.69 Å². The summed E-state index contributed by atoms with van der Waals surface area (Å²) in [7, 11) is 3.66. The highest BCUT2D eigenvalue weighted by Gasteiger charge is 2.24. The maximum absolute atomic E-state index is 13.1. The van der Waals surface area contributed by atoms with E-state index in [2.05, 4.69) is 41.1 Å². The van der Waals surface area contributed by atoms with Crippen LogP contribution in [0.1, 0.15) is 16.1 Å². The van der Waals surface area contributed by atoms with Gasteiger partial charge in [0.05, 0.1) is 24.7 Å². The molecule has 3 aromatic rings. The van der Waals surface area contributed by atoms with E-state index in [-0.39, 0.29) is 5.91 Å². The van der Waals surface area contributed by atoms with E-state index < -0.39 is 0 Å². The Balaban J connectivity index is 1.73. The molecule has 29 heavy (non-hydrogen) atoms. The van der Waals surface area contributed by atoms with Gasteiger partial charge in [0.25, 0.3) is 5.91 Å². The lowest BCUT2D eigenvalue weighted by molar-refractivity contribution is 0.0657. The van der Waals surface area contributed by atoms with Gasteiger partial charge in [-0.2, -0.15) is 5.10 Å². The zero-order valence-electron chi connectivity index (χ0n) is 17.0. The predicted octanol–water partition coefficient (Wildman–Crippen LogP) is 2.64. The van der Waals surface area contributed by atoms with E-state index in [1.165, 1.54) is 5.56 Å². The van der Waals surface area contributed by atoms with Crippen molar-refractivity contribution in [1.29, 1.82) is 0 Å². The van der Waals surface area contributed by atoms with Crippen LogP contribution in [0.15, 0.2) is 48.7 Å². The number of nitrogens with zero attached hydrogens (tertiary/aromatic N) is 5. The molecule has 150 valence electrons. The third-order valence-corrected chi connectivity index (χ3v) is 5.24. The van der Waals surface area contributed by atoms with Crippen molar-refractivity contribution in [3.63, 3.8) is 0 Å². The van der Waals surface area contributed by atoms with Crippen molar-refractivity contribution in [2.24, 2.45) is 0 Å². The summed E-state index contributed by atoms with van der Waals surface area (Å²) in [6, 6.07) is 13.8. The molecule has 0 saturated carbocycles. The quantitative estimate of drug-likeness (QED) is 0.684. The van der Waals surface area contributed by atoms with Gasteiger partial charge >= 0.3 is 0 Å². The average molecular weight is 391 g/mol. The normalized spacial score (nSPS) is 14.8. The molecule has 1 saturated heterocycles. The molecule has 0 unspecified atom stereocenters. The number of likely N-dealkylation sites (N-methyl/N-ethyl adjacent to an activating group) is 1. The number of aryl methyl sites for hydroxylation is 1. The summed E-state index contributed by atoms with van der Waals surface area (Å²) in [6.45, 7) is 5.23. The van der Waals surface area contributed by atoms with Gasteiger partial charge in [0.1, 0.15) is 0 Å². The van der Waals surface area contributed by atoms with E-state index >= 15 is 0 Å². The first-order chi connectivity index (χ1) is 14.0. The number of ether oxygens (including phenoxy) is 1. The van der Waals surface area contributed by atoms with E-state index in [0.29, 0.717) is 24.7 Å². The molecular formula is C22H25N5O2. The summed E-state index contributed by atoms with van der Waals surface area (Å²) in [6.07, 6.45) is 1.70. The highest BCUT2D eigenvalue weighted by atomic mass is 16.5. The zero-order valence-corrected chi connectivity index (χ0v) is 17.0. The minimum absolute atomic E-state index is 0.0355. The number of aromatic nitrogens is 3. The molecule has 1 aliphatic rings. The van der Waals surface area contributed by atoms with Crippen LogP contribution in [0, 0.1) is 6.92 Å². The van der Waals surface area contributed by atoms with Crippen LogP contribution < -0.4 is 4.74 Å². The second kappa shape index (κ2) is 8.05. The summed E-state index contributed by atoms with van der Waals surface area (Å²) in [4.78, 5) is 21.5. The van der Waals surface area contributed by atoms with Gasteiger partial charge in [0.2, 0.25) is 5.88 Å². The minimum Gasteiger partial charge on any atom is -0.481 e. The number of hydrogen-bond donors (Lipinski definition) is 0. The van der Waals surface area contributed by atoms with Crippen LogP contribution in [0.5, 0.6) is 5.88 Å². The van der Waals surface area contributed by atoms with Gasteiger partial charge in [-0.1, -0.05) is 29.8 Å². The summed E-state index contributed by atoms with van der Waals surface area (Å²) >= 11 is 0. The largest absolute Gasteiger partial charge is 0.481 e. The fourth-order valence-corrected chi connectivity index (χ4v) is 3.40. The van der Waals surface area contributed by atoms with E-state index in [9.17, 15) is 4.79 Å². The lowest BCUT2D eigenvalue weighted by Crippen LogP contribution is -2.47. The summed E-state index contributed by atoms with van der Waals surface area (Å²) in [5, 5.41) is 4.66. The molecule has 0 N–H and O–H groups in total. The maximum atomic E-state index is 13.1. The number of piperazine rings is 1. The van der Waals surface area contributed by atoms with E-state index in [1.807, 2.05) is 29.2 Å². The molecule has 1 fully saturated rings. The third kappa shape index (κ3) is 4.00. The SMILES string of the molecule is COc1ccc(-n2nc(C(=O)N3CCN(C)CC3)cc2-c2ccc(C)cc2)cn1. The summed E-state index contributed by atoms with van der Waals surface area (Å²) in [5.74, 6) is 0.498. The second-order valence-electron chi connectivity index (χ2n) is 7.35. The molecule has 7 heteroatoms. The van der Waals surface area contributed by atoms with Crippen molar-refractivity contribution in [3.8, 4) is 22.8 Å². The monoisotopic (exact) mass is 391 g/mol. The molecule has 0 bridgehead atoms. The van der Waals surface area contributed by atoms with Crippen LogP contribution in [0.25, 0.3) is 16.9 Å². The summed E-state index contributed by atoms with van der Waals surface area (Å²) < 4.78 is 6.94. The van der Waals surface area contributed by atoms with E-state index in [0.717, 1.165) is 30.0 Å². The number of amides is 1. The molecule has 7 nitrogen and oxygen atoms in total. The van der Waals surface area contributed by atoms with Crippen molar-refractivity contribution in [1.82, 2.24) is 24.6 Å². The Kier molecular flexibility index (Phi) is 5.31. The van der Waals surface area contributed by atoms with Gasteiger partial charge in [-0.25, -0.2) is 9.67 Å². The Morgan fingerprint density at radius 1 is 1.03 bits per heavy atom. The van der Waals surface area contributed by atoms with Crippen LogP contribution >= 0.6 is 0 Å². The van der Waals surface area contributed by atoms with Crippen molar-refractivity contribution in [3.05, 3.63) is 59.9 Å². The third-order valence-electron chi connectivity index (χ3n) is 5.24. The molecule has 1 aromatic carbocycles. The highest BCUT2D eigenvalue weighted by Crippen LogP contribution is 2.25. The Hall–Kier alpha value is -3.19. The van der Waals surface area contributed by atoms with Gasteiger partial charge in [-0.05, 0) is 26.1 Å². The smallest absolute Gasteiger partial charge is 0.274 e. The number of rotatable bonds is 4. The number of carbonyl (C=O) groups excluding carboxylic acids is 1. The van der Waals surface area contributed by atoms with Crippen molar-refractivity contribution >= 4 is 5.91 Å². The number of benzene rings is 1. The maximum Gasteiger partial charge on any atom is 0.274 e. The second-order valence-corrected chi connectivity index (χ2v) is 7.35. The molecule has 0 radical (unpaired) electrons. The van der Waals surface area contributed by atoms with Crippen LogP contribution in [0.4, 0.5) is 0 Å². The number of pyridine rings is 1. The number of methoxy groups -OCH3 is 1. The Labute approximate surface area is 170 Å². The number of hydrogen-bond acceptors (Lipinski definition) is 5. The van der Waals surface area contributed by atoms with Gasteiger partial charge in [-0.3, -0.25) is 4.79 Å². The lowest BCUT2D eigenvalue weighted by Gasteiger charge is -2.31. The van der Waals surface area contributed by atoms with E-state index in [1.54, 1.807) is 24.1 Å². The van der Waals surface area contributed by atoms with Crippen molar-refractivity contribution < 1.29 is 9.53 Å². The first-order valence-corrected chi connectivity index (χ1v) is 9.70. The zero-order chi connectivity index (χ0) is 20.4. The van der Waals surface area contributed by atoms with Crippen LogP contribution in [0.3, 0.4) is 0 Å². The first kappa shape index (κ1) is 19.1. The molecule has 4 rings (SSSR count). The lowest BCUT2D eigenvalue weighted by atomic mass is 10.1. The predicted molar refractivity (Wildman–Crippen MR) is 111 cm³/mol. The number of carbonyl (C=O) groups is 1. The molecule has 0 spiro atoms. The topological polar surface area (TPSA) is 63.5 Å². The Bertz CT molecular complexity index is 987. The molecule has 1 amide bonds. The standard InChI is InChI=1S/C22H25N5O2/c1-16-4-6-17(7-5-16)20-14-19(22(28)26-12-10-25(2)11-13-26)24-27(20)18-8-9-21(29-3)23-15-18/h4-9,14-15H,10-13H2,1-3H3. The molecule has 0 aliphatic carbocycles. The van der Waals surface area contributed by atoms with Gasteiger partial charge in [-0.15, -0.1) is 0 Å². The minimum atomic E-state index is -0.0355. The average Bonchev–Trinajstić information content (AvgIpc) is 3.20. The highest BCUT2D eigenvalue weighted by molar-refractivity contribution is 5.93. The Morgan fingerprint density at radius 3 is 2.38 bits per heavy atom. The molecule has 3 heterocycles. The molecule has 2 aromatic heterocycles. The fraction of sp³-hybridized carbons (Fsp3) is 0.318. The van der Waals surface area contributed by atoms with Gasteiger partial charge < -0.3 is 14.5 Å².